The summed E-state index contributed by atoms with van der Waals surface area (Å²) in [5.41, 5.74) is 1.32. The van der Waals surface area contributed by atoms with Crippen molar-refractivity contribution in [2.45, 2.75) is 25.8 Å². The number of piperidine rings is 1. The van der Waals surface area contributed by atoms with Gasteiger partial charge in [0.25, 0.3) is 5.91 Å². The fourth-order valence-electron chi connectivity index (χ4n) is 2.58. The number of aromatic nitrogens is 2. The van der Waals surface area contributed by atoms with Crippen LogP contribution in [0.2, 0.25) is 0 Å². The van der Waals surface area contributed by atoms with E-state index >= 15 is 0 Å². The van der Waals surface area contributed by atoms with Crippen molar-refractivity contribution < 1.29 is 9.18 Å². The van der Waals surface area contributed by atoms with Crippen molar-refractivity contribution in [1.82, 2.24) is 14.9 Å². The molecule has 1 aromatic carbocycles. The number of hydrogen-bond donors (Lipinski definition) is 1. The molecule has 0 saturated carbocycles. The van der Waals surface area contributed by atoms with Gasteiger partial charge in [-0.2, -0.15) is 0 Å². The largest absolute Gasteiger partial charge is 0.365 e. The maximum Gasteiger partial charge on any atom is 0.274 e. The minimum absolute atomic E-state index is 0.0534. The Morgan fingerprint density at radius 1 is 1.09 bits per heavy atom. The quantitative estimate of drug-likeness (QED) is 0.943. The molecule has 0 spiro atoms. The molecule has 0 atom stereocenters. The molecule has 6 heteroatoms. The molecule has 1 saturated heterocycles. The fraction of sp³-hybridized carbons (Fsp3) is 0.353. The third-order valence-corrected chi connectivity index (χ3v) is 3.90. The number of anilines is 1. The van der Waals surface area contributed by atoms with E-state index in [1.807, 2.05) is 4.90 Å². The first-order valence-electron chi connectivity index (χ1n) is 7.82. The van der Waals surface area contributed by atoms with E-state index in [0.29, 0.717) is 18.1 Å². The molecule has 1 aliphatic heterocycles. The summed E-state index contributed by atoms with van der Waals surface area (Å²) in [5, 5.41) is 3.11. The monoisotopic (exact) mass is 314 g/mol. The van der Waals surface area contributed by atoms with E-state index in [-0.39, 0.29) is 11.7 Å². The van der Waals surface area contributed by atoms with Crippen molar-refractivity contribution in [2.24, 2.45) is 0 Å². The van der Waals surface area contributed by atoms with Crippen LogP contribution in [0.1, 0.15) is 35.3 Å². The van der Waals surface area contributed by atoms with Crippen LogP contribution >= 0.6 is 0 Å². The Balaban J connectivity index is 1.58. The number of halogens is 1. The summed E-state index contributed by atoms with van der Waals surface area (Å²) in [4.78, 5) is 22.6. The lowest BCUT2D eigenvalue weighted by Gasteiger charge is -2.26. The summed E-state index contributed by atoms with van der Waals surface area (Å²) in [7, 11) is 0. The van der Waals surface area contributed by atoms with Gasteiger partial charge in [-0.25, -0.2) is 14.4 Å². The van der Waals surface area contributed by atoms with E-state index in [0.717, 1.165) is 31.5 Å². The second-order valence-corrected chi connectivity index (χ2v) is 5.62. The van der Waals surface area contributed by atoms with Gasteiger partial charge in [-0.3, -0.25) is 4.79 Å². The molecule has 1 aromatic heterocycles. The summed E-state index contributed by atoms with van der Waals surface area (Å²) in [6.07, 6.45) is 6.35. The average molecular weight is 314 g/mol. The number of carbonyl (C=O) groups is 1. The van der Waals surface area contributed by atoms with Gasteiger partial charge in [0.2, 0.25) is 0 Å². The van der Waals surface area contributed by atoms with E-state index in [1.165, 1.54) is 24.8 Å². The third-order valence-electron chi connectivity index (χ3n) is 3.90. The highest BCUT2D eigenvalue weighted by Crippen LogP contribution is 2.12. The predicted octanol–water partition coefficient (Wildman–Crippen LogP) is 2.85. The number of likely N-dealkylation sites (tertiary alicyclic amines) is 1. The van der Waals surface area contributed by atoms with Crippen molar-refractivity contribution in [3.8, 4) is 0 Å². The van der Waals surface area contributed by atoms with Gasteiger partial charge < -0.3 is 10.2 Å². The molecule has 0 aliphatic carbocycles. The zero-order chi connectivity index (χ0) is 16.1. The van der Waals surface area contributed by atoms with Gasteiger partial charge in [0, 0.05) is 19.6 Å². The number of carbonyl (C=O) groups excluding carboxylic acids is 1. The second kappa shape index (κ2) is 7.17. The van der Waals surface area contributed by atoms with Crippen molar-refractivity contribution in [3.05, 3.63) is 53.7 Å². The zero-order valence-corrected chi connectivity index (χ0v) is 12.8. The fourth-order valence-corrected chi connectivity index (χ4v) is 2.58. The van der Waals surface area contributed by atoms with Gasteiger partial charge in [-0.05, 0) is 37.0 Å². The van der Waals surface area contributed by atoms with E-state index in [9.17, 15) is 9.18 Å². The molecule has 0 radical (unpaired) electrons. The molecule has 0 bridgehead atoms. The van der Waals surface area contributed by atoms with Gasteiger partial charge in [-0.1, -0.05) is 12.1 Å². The molecule has 2 aromatic rings. The average Bonchev–Trinajstić information content (AvgIpc) is 2.62. The van der Waals surface area contributed by atoms with Crippen LogP contribution in [-0.4, -0.2) is 33.9 Å². The molecule has 5 nitrogen and oxygen atoms in total. The Kier molecular flexibility index (Phi) is 4.80. The zero-order valence-electron chi connectivity index (χ0n) is 12.8. The van der Waals surface area contributed by atoms with Gasteiger partial charge in [0.1, 0.15) is 17.3 Å². The number of nitrogens with one attached hydrogen (secondary N) is 1. The molecule has 1 fully saturated rings. The van der Waals surface area contributed by atoms with Gasteiger partial charge in [0.15, 0.2) is 0 Å². The first kappa shape index (κ1) is 15.4. The summed E-state index contributed by atoms with van der Waals surface area (Å²) in [6, 6.07) is 6.26. The van der Waals surface area contributed by atoms with Crippen molar-refractivity contribution in [3.63, 3.8) is 0 Å². The highest BCUT2D eigenvalue weighted by atomic mass is 19.1. The lowest BCUT2D eigenvalue weighted by atomic mass is 10.1. The predicted molar refractivity (Wildman–Crippen MR) is 85.5 cm³/mol. The minimum Gasteiger partial charge on any atom is -0.365 e. The minimum atomic E-state index is -0.255. The number of amides is 1. The van der Waals surface area contributed by atoms with Crippen LogP contribution in [0.15, 0.2) is 36.7 Å². The SMILES string of the molecule is O=C(c1cnc(NCc2ccc(F)cc2)cn1)N1CCCCC1. The highest BCUT2D eigenvalue weighted by molar-refractivity contribution is 5.92. The Morgan fingerprint density at radius 2 is 1.83 bits per heavy atom. The van der Waals surface area contributed by atoms with Crippen molar-refractivity contribution >= 4 is 11.7 Å². The van der Waals surface area contributed by atoms with E-state index in [1.54, 1.807) is 18.3 Å². The molecule has 23 heavy (non-hydrogen) atoms. The van der Waals surface area contributed by atoms with Crippen LogP contribution < -0.4 is 5.32 Å². The molecule has 1 N–H and O–H groups in total. The molecule has 1 amide bonds. The summed E-state index contributed by atoms with van der Waals surface area (Å²) in [6.45, 7) is 2.12. The maximum atomic E-state index is 12.8. The van der Waals surface area contributed by atoms with Crippen molar-refractivity contribution in [1.29, 1.82) is 0 Å². The third kappa shape index (κ3) is 4.03. The number of nitrogens with zero attached hydrogens (tertiary/aromatic N) is 3. The van der Waals surface area contributed by atoms with Crippen LogP contribution in [0.25, 0.3) is 0 Å². The normalized spacial score (nSPS) is 14.6. The topological polar surface area (TPSA) is 58.1 Å². The van der Waals surface area contributed by atoms with Gasteiger partial charge in [0.05, 0.1) is 12.4 Å². The number of hydrogen-bond acceptors (Lipinski definition) is 4. The summed E-state index contributed by atoms with van der Waals surface area (Å²) >= 11 is 0. The molecule has 2 heterocycles. The molecular formula is C17H19FN4O. The van der Waals surface area contributed by atoms with Crippen LogP contribution in [-0.2, 0) is 6.54 Å². The Hall–Kier alpha value is -2.50. The second-order valence-electron chi connectivity index (χ2n) is 5.62. The van der Waals surface area contributed by atoms with Crippen LogP contribution in [0, 0.1) is 5.82 Å². The van der Waals surface area contributed by atoms with Gasteiger partial charge in [-0.15, -0.1) is 0 Å². The van der Waals surface area contributed by atoms with Crippen LogP contribution in [0.3, 0.4) is 0 Å². The highest BCUT2D eigenvalue weighted by Gasteiger charge is 2.19. The molecule has 0 unspecified atom stereocenters. The van der Waals surface area contributed by atoms with Crippen molar-refractivity contribution in [2.75, 3.05) is 18.4 Å². The Bertz CT molecular complexity index is 651. The van der Waals surface area contributed by atoms with E-state index in [4.69, 9.17) is 0 Å². The molecule has 120 valence electrons. The first-order chi connectivity index (χ1) is 11.2. The molecular weight excluding hydrogens is 295 g/mol. The first-order valence-corrected chi connectivity index (χ1v) is 7.82. The summed E-state index contributed by atoms with van der Waals surface area (Å²) < 4.78 is 12.8. The number of benzene rings is 1. The Morgan fingerprint density at radius 3 is 2.48 bits per heavy atom. The summed E-state index contributed by atoms with van der Waals surface area (Å²) in [5.74, 6) is 0.279. The maximum absolute atomic E-state index is 12.8. The van der Waals surface area contributed by atoms with Crippen LogP contribution in [0.5, 0.6) is 0 Å². The Labute approximate surface area is 134 Å². The van der Waals surface area contributed by atoms with Crippen LogP contribution in [0.4, 0.5) is 10.2 Å². The number of rotatable bonds is 4. The standard InChI is InChI=1S/C17H19FN4O/c18-14-6-4-13(5-7-14)10-20-16-12-19-15(11-21-16)17(23)22-8-2-1-3-9-22/h4-7,11-12H,1-3,8-10H2,(H,20,21). The molecule has 1 aliphatic rings. The van der Waals surface area contributed by atoms with E-state index < -0.39 is 0 Å². The van der Waals surface area contributed by atoms with Gasteiger partial charge >= 0.3 is 0 Å². The lowest BCUT2D eigenvalue weighted by Crippen LogP contribution is -2.36. The lowest BCUT2D eigenvalue weighted by molar-refractivity contribution is 0.0718. The van der Waals surface area contributed by atoms with E-state index in [2.05, 4.69) is 15.3 Å². The molecule has 3 rings (SSSR count). The smallest absolute Gasteiger partial charge is 0.274 e.